The van der Waals surface area contributed by atoms with Gasteiger partial charge in [0.15, 0.2) is 11.5 Å². The molecule has 2 heterocycles. The summed E-state index contributed by atoms with van der Waals surface area (Å²) in [6.07, 6.45) is -1.13. The minimum absolute atomic E-state index is 0.131. The van der Waals surface area contributed by atoms with Crippen molar-refractivity contribution in [1.82, 2.24) is 14.6 Å². The van der Waals surface area contributed by atoms with Crippen LogP contribution in [0.25, 0.3) is 22.6 Å². The number of imidazole rings is 1. The molecule has 2 N–H and O–H groups in total. The van der Waals surface area contributed by atoms with Gasteiger partial charge in [0.25, 0.3) is 0 Å². The van der Waals surface area contributed by atoms with Gasteiger partial charge in [0, 0.05) is 5.56 Å². The zero-order valence-electron chi connectivity index (χ0n) is 14.9. The maximum atomic E-state index is 12.2. The van der Waals surface area contributed by atoms with Crippen LogP contribution >= 0.6 is 0 Å². The summed E-state index contributed by atoms with van der Waals surface area (Å²) in [6, 6.07) is 22.1. The molecule has 0 atom stereocenters. The van der Waals surface area contributed by atoms with E-state index >= 15 is 0 Å². The Morgan fingerprint density at radius 2 is 1.61 bits per heavy atom. The van der Waals surface area contributed by atoms with E-state index in [1.165, 1.54) is 9.69 Å². The summed E-state index contributed by atoms with van der Waals surface area (Å²) in [7, 11) is 0. The van der Waals surface area contributed by atoms with Gasteiger partial charge in [-0.05, 0) is 17.7 Å². The molecule has 0 saturated heterocycles. The molecule has 2 aromatic heterocycles. The van der Waals surface area contributed by atoms with E-state index in [2.05, 4.69) is 9.97 Å². The third-order valence-corrected chi connectivity index (χ3v) is 4.37. The number of fused-ring (bicyclic) bond motifs is 1. The summed E-state index contributed by atoms with van der Waals surface area (Å²) < 4.78 is 1.50. The van der Waals surface area contributed by atoms with Gasteiger partial charge < -0.3 is 10.2 Å². The first-order valence-electron chi connectivity index (χ1n) is 8.76. The summed E-state index contributed by atoms with van der Waals surface area (Å²) in [6.45, 7) is -0.111. The fourth-order valence-corrected chi connectivity index (χ4v) is 3.06. The fraction of sp³-hybridized carbons (Fsp3) is 0.0952. The summed E-state index contributed by atoms with van der Waals surface area (Å²) in [5.74, 6) is 0.469. The molecule has 0 bridgehead atoms. The van der Waals surface area contributed by atoms with Crippen LogP contribution in [0.3, 0.4) is 0 Å². The van der Waals surface area contributed by atoms with Gasteiger partial charge in [-0.25, -0.2) is 24.4 Å². The first-order chi connectivity index (χ1) is 13.7. The molecule has 0 fully saturated rings. The van der Waals surface area contributed by atoms with Gasteiger partial charge in [-0.3, -0.25) is 0 Å². The van der Waals surface area contributed by atoms with Crippen molar-refractivity contribution in [3.8, 4) is 11.4 Å². The maximum Gasteiger partial charge on any atom is 0.427 e. The molecule has 4 rings (SSSR count). The average Bonchev–Trinajstić information content (AvgIpc) is 3.11. The highest BCUT2D eigenvalue weighted by Crippen LogP contribution is 2.25. The van der Waals surface area contributed by atoms with Crippen LogP contribution in [0.15, 0.2) is 72.8 Å². The van der Waals surface area contributed by atoms with Crippen LogP contribution in [0.5, 0.6) is 0 Å². The number of carbonyl (C=O) groups is 1. The number of aromatic nitrogens is 3. The Balaban J connectivity index is 1.94. The van der Waals surface area contributed by atoms with Crippen molar-refractivity contribution in [2.24, 2.45) is 0 Å². The number of nitrogens with zero attached hydrogens (tertiary/aromatic N) is 4. The molecule has 0 saturated carbocycles. The van der Waals surface area contributed by atoms with E-state index in [0.717, 1.165) is 11.1 Å². The van der Waals surface area contributed by atoms with Crippen molar-refractivity contribution in [3.63, 3.8) is 0 Å². The van der Waals surface area contributed by atoms with Crippen LogP contribution in [-0.2, 0) is 13.2 Å². The fourth-order valence-electron chi connectivity index (χ4n) is 3.06. The molecular formula is C21H18N4O3. The van der Waals surface area contributed by atoms with Crippen LogP contribution in [0.2, 0.25) is 0 Å². The average molecular weight is 374 g/mol. The number of carboxylic acid groups (broad SMARTS) is 1. The van der Waals surface area contributed by atoms with Crippen LogP contribution in [-0.4, -0.2) is 31.0 Å². The molecule has 140 valence electrons. The third kappa shape index (κ3) is 3.30. The molecule has 0 radical (unpaired) electrons. The lowest BCUT2D eigenvalue weighted by Crippen LogP contribution is -2.39. The minimum Gasteiger partial charge on any atom is -0.464 e. The number of aliphatic hydroxyl groups excluding tert-OH is 1. The van der Waals surface area contributed by atoms with E-state index in [1.807, 2.05) is 60.7 Å². The van der Waals surface area contributed by atoms with Crippen molar-refractivity contribution < 1.29 is 15.0 Å². The molecule has 0 aliphatic rings. The second-order valence-electron chi connectivity index (χ2n) is 6.24. The Bertz CT molecular complexity index is 1110. The van der Waals surface area contributed by atoms with E-state index in [4.69, 9.17) is 0 Å². The van der Waals surface area contributed by atoms with Gasteiger partial charge in [0.1, 0.15) is 5.52 Å². The number of aliphatic hydroxyl groups is 1. The van der Waals surface area contributed by atoms with Crippen molar-refractivity contribution in [3.05, 3.63) is 84.1 Å². The highest BCUT2D eigenvalue weighted by molar-refractivity contribution is 5.84. The smallest absolute Gasteiger partial charge is 0.427 e. The quantitative estimate of drug-likeness (QED) is 0.559. The molecule has 7 nitrogen and oxygen atoms in total. The standard InChI is InChI=1S/C21H18N4O3/c26-14-17-11-12-18-20(22-17)25(19(23-18)16-9-5-2-6-10-16)24(21(27)28)13-15-7-3-1-4-8-15/h1-12,26H,13-14H2,(H,27,28). The second-order valence-corrected chi connectivity index (χ2v) is 6.24. The number of rotatable bonds is 5. The number of amides is 1. The maximum absolute atomic E-state index is 12.2. The first kappa shape index (κ1) is 17.7. The van der Waals surface area contributed by atoms with E-state index in [-0.39, 0.29) is 13.2 Å². The lowest BCUT2D eigenvalue weighted by Gasteiger charge is -2.23. The molecule has 7 heteroatoms. The van der Waals surface area contributed by atoms with Crippen LogP contribution in [0.1, 0.15) is 11.3 Å². The van der Waals surface area contributed by atoms with E-state index in [1.54, 1.807) is 12.1 Å². The van der Waals surface area contributed by atoms with Gasteiger partial charge in [-0.1, -0.05) is 60.7 Å². The van der Waals surface area contributed by atoms with Gasteiger partial charge in [-0.2, -0.15) is 0 Å². The molecule has 4 aromatic rings. The highest BCUT2D eigenvalue weighted by Gasteiger charge is 2.24. The van der Waals surface area contributed by atoms with E-state index < -0.39 is 6.09 Å². The SMILES string of the molecule is O=C(O)N(Cc1ccccc1)n1c(-c2ccccc2)nc2ccc(CO)nc21. The topological polar surface area (TPSA) is 91.5 Å². The summed E-state index contributed by atoms with van der Waals surface area (Å²) >= 11 is 0. The molecule has 28 heavy (non-hydrogen) atoms. The number of hydrogen-bond acceptors (Lipinski definition) is 4. The van der Waals surface area contributed by atoms with Crippen LogP contribution in [0.4, 0.5) is 4.79 Å². The number of hydrogen-bond donors (Lipinski definition) is 2. The molecule has 0 unspecified atom stereocenters. The molecule has 2 aromatic carbocycles. The predicted molar refractivity (Wildman–Crippen MR) is 105 cm³/mol. The predicted octanol–water partition coefficient (Wildman–Crippen LogP) is 3.41. The normalized spacial score (nSPS) is 10.9. The number of benzene rings is 2. The van der Waals surface area contributed by atoms with Crippen molar-refractivity contribution >= 4 is 17.3 Å². The molecule has 0 aliphatic carbocycles. The van der Waals surface area contributed by atoms with Gasteiger partial charge in [0.2, 0.25) is 0 Å². The Morgan fingerprint density at radius 3 is 2.25 bits per heavy atom. The first-order valence-corrected chi connectivity index (χ1v) is 8.76. The van der Waals surface area contributed by atoms with E-state index in [9.17, 15) is 15.0 Å². The Kier molecular flexibility index (Phi) is 4.74. The van der Waals surface area contributed by atoms with Crippen LogP contribution in [0, 0.1) is 0 Å². The van der Waals surface area contributed by atoms with Crippen molar-refractivity contribution in [1.29, 1.82) is 0 Å². The zero-order chi connectivity index (χ0) is 19.5. The highest BCUT2D eigenvalue weighted by atomic mass is 16.4. The summed E-state index contributed by atoms with van der Waals surface area (Å²) in [5, 5.41) is 20.6. The summed E-state index contributed by atoms with van der Waals surface area (Å²) in [5.41, 5.74) is 2.98. The monoisotopic (exact) mass is 374 g/mol. The minimum atomic E-state index is -1.13. The summed E-state index contributed by atoms with van der Waals surface area (Å²) in [4.78, 5) is 21.2. The lowest BCUT2D eigenvalue weighted by atomic mass is 10.2. The number of pyridine rings is 1. The second kappa shape index (κ2) is 7.50. The van der Waals surface area contributed by atoms with Crippen LogP contribution < -0.4 is 5.01 Å². The van der Waals surface area contributed by atoms with Crippen molar-refractivity contribution in [2.75, 3.05) is 5.01 Å². The lowest BCUT2D eigenvalue weighted by molar-refractivity contribution is 0.194. The zero-order valence-corrected chi connectivity index (χ0v) is 14.9. The van der Waals surface area contributed by atoms with E-state index in [0.29, 0.717) is 22.7 Å². The Labute approximate surface area is 161 Å². The van der Waals surface area contributed by atoms with Gasteiger partial charge >= 0.3 is 6.09 Å². The molecule has 1 amide bonds. The Hall–Kier alpha value is -3.71. The van der Waals surface area contributed by atoms with Crippen molar-refractivity contribution in [2.45, 2.75) is 13.2 Å². The third-order valence-electron chi connectivity index (χ3n) is 4.37. The molecule has 0 aliphatic heterocycles. The Morgan fingerprint density at radius 1 is 0.929 bits per heavy atom. The van der Waals surface area contributed by atoms with Gasteiger partial charge in [-0.15, -0.1) is 0 Å². The largest absolute Gasteiger partial charge is 0.464 e. The van der Waals surface area contributed by atoms with Gasteiger partial charge in [0.05, 0.1) is 18.8 Å². The molecular weight excluding hydrogens is 356 g/mol. The molecule has 0 spiro atoms.